The smallest absolute Gasteiger partial charge is 0.231 e. The molecule has 0 saturated heterocycles. The maximum absolute atomic E-state index is 12.3. The molecule has 2 heterocycles. The van der Waals surface area contributed by atoms with Crippen LogP contribution in [-0.4, -0.2) is 17.7 Å². The zero-order valence-corrected chi connectivity index (χ0v) is 13.4. The maximum atomic E-state index is 12.3. The largest absolute Gasteiger partial charge is 0.454 e. The summed E-state index contributed by atoms with van der Waals surface area (Å²) in [5, 5.41) is 4.10. The van der Waals surface area contributed by atoms with E-state index in [0.29, 0.717) is 13.0 Å². The number of fused-ring (bicyclic) bond motifs is 2. The van der Waals surface area contributed by atoms with Crippen LogP contribution in [0.15, 0.2) is 42.6 Å². The number of hydrogen-bond acceptors (Lipinski definition) is 3. The van der Waals surface area contributed by atoms with Crippen molar-refractivity contribution in [3.63, 3.8) is 0 Å². The Balaban J connectivity index is 1.43. The third-order valence-corrected chi connectivity index (χ3v) is 4.27. The molecule has 0 unspecified atom stereocenters. The predicted octanol–water partition coefficient (Wildman–Crippen LogP) is 3.06. The molecule has 24 heavy (non-hydrogen) atoms. The second kappa shape index (κ2) is 5.92. The molecule has 1 aromatic heterocycles. The SMILES string of the molecule is Cc1cccc2[nH]cc(CC(=O)NCc3ccc4c(c3)OCO4)c12. The molecule has 2 N–H and O–H groups in total. The predicted molar refractivity (Wildman–Crippen MR) is 91.2 cm³/mol. The van der Waals surface area contributed by atoms with Crippen LogP contribution in [0.3, 0.4) is 0 Å². The summed E-state index contributed by atoms with van der Waals surface area (Å²) in [6.45, 7) is 2.78. The highest BCUT2D eigenvalue weighted by molar-refractivity contribution is 5.91. The van der Waals surface area contributed by atoms with Gasteiger partial charge in [0.1, 0.15) is 0 Å². The van der Waals surface area contributed by atoms with Gasteiger partial charge in [-0.3, -0.25) is 4.79 Å². The number of aromatic amines is 1. The van der Waals surface area contributed by atoms with Gasteiger partial charge in [-0.25, -0.2) is 0 Å². The molecule has 1 aliphatic heterocycles. The Hall–Kier alpha value is -2.95. The lowest BCUT2D eigenvalue weighted by Gasteiger charge is -2.07. The van der Waals surface area contributed by atoms with E-state index in [-0.39, 0.29) is 12.7 Å². The highest BCUT2D eigenvalue weighted by Crippen LogP contribution is 2.32. The minimum absolute atomic E-state index is 0.00294. The Labute approximate surface area is 139 Å². The van der Waals surface area contributed by atoms with Crippen LogP contribution in [0.4, 0.5) is 0 Å². The third kappa shape index (κ3) is 2.69. The van der Waals surface area contributed by atoms with Gasteiger partial charge in [-0.2, -0.15) is 0 Å². The summed E-state index contributed by atoms with van der Waals surface area (Å²) in [5.41, 5.74) is 4.25. The molecule has 0 saturated carbocycles. The van der Waals surface area contributed by atoms with Gasteiger partial charge >= 0.3 is 0 Å². The van der Waals surface area contributed by atoms with Crippen LogP contribution in [0.1, 0.15) is 16.7 Å². The van der Waals surface area contributed by atoms with E-state index in [1.54, 1.807) is 0 Å². The van der Waals surface area contributed by atoms with Gasteiger partial charge in [0.15, 0.2) is 11.5 Å². The summed E-state index contributed by atoms with van der Waals surface area (Å²) in [6.07, 6.45) is 2.27. The Bertz CT molecular complexity index is 914. The molecule has 0 aliphatic carbocycles. The third-order valence-electron chi connectivity index (χ3n) is 4.27. The van der Waals surface area contributed by atoms with Crippen molar-refractivity contribution < 1.29 is 14.3 Å². The van der Waals surface area contributed by atoms with E-state index in [0.717, 1.165) is 33.5 Å². The van der Waals surface area contributed by atoms with Gasteiger partial charge < -0.3 is 19.8 Å². The molecular weight excluding hydrogens is 304 g/mol. The van der Waals surface area contributed by atoms with Crippen LogP contribution in [0.5, 0.6) is 11.5 Å². The van der Waals surface area contributed by atoms with Gasteiger partial charge in [0.05, 0.1) is 6.42 Å². The standard InChI is InChI=1S/C19H18N2O3/c1-12-3-2-4-15-19(12)14(10-20-15)8-18(22)21-9-13-5-6-16-17(7-13)24-11-23-16/h2-7,10,20H,8-9,11H2,1H3,(H,21,22). The molecule has 1 aliphatic rings. The van der Waals surface area contributed by atoms with E-state index in [1.807, 2.05) is 36.5 Å². The number of benzene rings is 2. The molecule has 5 heteroatoms. The van der Waals surface area contributed by atoms with Gasteiger partial charge in [0.25, 0.3) is 0 Å². The lowest BCUT2D eigenvalue weighted by Crippen LogP contribution is -2.24. The van der Waals surface area contributed by atoms with E-state index >= 15 is 0 Å². The molecule has 0 bridgehead atoms. The quantitative estimate of drug-likeness (QED) is 0.776. The fraction of sp³-hybridized carbons (Fsp3) is 0.211. The van der Waals surface area contributed by atoms with Crippen LogP contribution in [0.25, 0.3) is 10.9 Å². The summed E-state index contributed by atoms with van der Waals surface area (Å²) in [5.74, 6) is 1.48. The molecule has 0 atom stereocenters. The van der Waals surface area contributed by atoms with Crippen molar-refractivity contribution in [1.82, 2.24) is 10.3 Å². The van der Waals surface area contributed by atoms with E-state index in [1.165, 1.54) is 5.56 Å². The maximum Gasteiger partial charge on any atom is 0.231 e. The highest BCUT2D eigenvalue weighted by atomic mass is 16.7. The second-order valence-corrected chi connectivity index (χ2v) is 5.95. The number of nitrogens with one attached hydrogen (secondary N) is 2. The fourth-order valence-corrected chi connectivity index (χ4v) is 3.08. The van der Waals surface area contributed by atoms with Crippen LogP contribution in [-0.2, 0) is 17.8 Å². The number of carbonyl (C=O) groups is 1. The second-order valence-electron chi connectivity index (χ2n) is 5.95. The van der Waals surface area contributed by atoms with Gasteiger partial charge in [-0.1, -0.05) is 18.2 Å². The first-order chi connectivity index (χ1) is 11.7. The number of hydrogen-bond donors (Lipinski definition) is 2. The van der Waals surface area contributed by atoms with Crippen LogP contribution >= 0.6 is 0 Å². The fourth-order valence-electron chi connectivity index (χ4n) is 3.08. The van der Waals surface area contributed by atoms with Gasteiger partial charge in [0, 0.05) is 23.6 Å². The molecule has 1 amide bonds. The van der Waals surface area contributed by atoms with Gasteiger partial charge in [0.2, 0.25) is 12.7 Å². The first kappa shape index (κ1) is 14.6. The van der Waals surface area contributed by atoms with Crippen LogP contribution in [0.2, 0.25) is 0 Å². The molecular formula is C19H18N2O3. The zero-order chi connectivity index (χ0) is 16.5. The number of aromatic nitrogens is 1. The first-order valence-corrected chi connectivity index (χ1v) is 7.91. The summed E-state index contributed by atoms with van der Waals surface area (Å²) < 4.78 is 10.6. The molecule has 0 fully saturated rings. The zero-order valence-electron chi connectivity index (χ0n) is 13.4. The van der Waals surface area contributed by atoms with Crippen molar-refractivity contribution in [1.29, 1.82) is 0 Å². The molecule has 4 rings (SSSR count). The van der Waals surface area contributed by atoms with Gasteiger partial charge in [-0.15, -0.1) is 0 Å². The van der Waals surface area contributed by atoms with Crippen molar-refractivity contribution in [2.45, 2.75) is 19.9 Å². The first-order valence-electron chi connectivity index (χ1n) is 7.91. The van der Waals surface area contributed by atoms with Crippen molar-refractivity contribution in [2.75, 3.05) is 6.79 Å². The number of ether oxygens (including phenoxy) is 2. The molecule has 5 nitrogen and oxygen atoms in total. The normalized spacial score (nSPS) is 12.5. The monoisotopic (exact) mass is 322 g/mol. The van der Waals surface area contributed by atoms with E-state index in [9.17, 15) is 4.79 Å². The topological polar surface area (TPSA) is 63.4 Å². The Morgan fingerprint density at radius 3 is 3.00 bits per heavy atom. The van der Waals surface area contributed by atoms with Crippen molar-refractivity contribution >= 4 is 16.8 Å². The van der Waals surface area contributed by atoms with E-state index in [4.69, 9.17) is 9.47 Å². The number of carbonyl (C=O) groups excluding carboxylic acids is 1. The average molecular weight is 322 g/mol. The lowest BCUT2D eigenvalue weighted by atomic mass is 10.1. The summed E-state index contributed by atoms with van der Waals surface area (Å²) >= 11 is 0. The van der Waals surface area contributed by atoms with Crippen molar-refractivity contribution in [3.8, 4) is 11.5 Å². The Morgan fingerprint density at radius 1 is 1.21 bits per heavy atom. The van der Waals surface area contributed by atoms with Crippen LogP contribution < -0.4 is 14.8 Å². The number of amides is 1. The summed E-state index contributed by atoms with van der Waals surface area (Å²) in [4.78, 5) is 15.5. The number of rotatable bonds is 4. The van der Waals surface area contributed by atoms with Crippen molar-refractivity contribution in [2.24, 2.45) is 0 Å². The van der Waals surface area contributed by atoms with E-state index in [2.05, 4.69) is 23.3 Å². The Kier molecular flexibility index (Phi) is 3.61. The summed E-state index contributed by atoms with van der Waals surface area (Å²) in [7, 11) is 0. The molecule has 0 spiro atoms. The number of H-pyrrole nitrogens is 1. The van der Waals surface area contributed by atoms with Crippen LogP contribution in [0, 0.1) is 6.92 Å². The molecule has 122 valence electrons. The molecule has 0 radical (unpaired) electrons. The highest BCUT2D eigenvalue weighted by Gasteiger charge is 2.14. The van der Waals surface area contributed by atoms with E-state index < -0.39 is 0 Å². The molecule has 3 aromatic rings. The van der Waals surface area contributed by atoms with Gasteiger partial charge in [-0.05, 0) is 41.8 Å². The Morgan fingerprint density at radius 2 is 2.08 bits per heavy atom. The average Bonchev–Trinajstić information content (AvgIpc) is 3.20. The number of aryl methyl sites for hydroxylation is 1. The summed E-state index contributed by atoms with van der Waals surface area (Å²) in [6, 6.07) is 11.8. The molecule has 2 aromatic carbocycles. The minimum Gasteiger partial charge on any atom is -0.454 e. The minimum atomic E-state index is -0.00294. The van der Waals surface area contributed by atoms with Crippen molar-refractivity contribution in [3.05, 3.63) is 59.3 Å². The lowest BCUT2D eigenvalue weighted by molar-refractivity contribution is -0.120.